The highest BCUT2D eigenvalue weighted by Gasteiger charge is 2.21. The van der Waals surface area contributed by atoms with E-state index >= 15 is 0 Å². The van der Waals surface area contributed by atoms with Gasteiger partial charge in [-0.1, -0.05) is 38.8 Å². The summed E-state index contributed by atoms with van der Waals surface area (Å²) in [7, 11) is 1.59. The topological polar surface area (TPSA) is 76.4 Å². The fourth-order valence-electron chi connectivity index (χ4n) is 2.54. The third-order valence-corrected chi connectivity index (χ3v) is 4.58. The van der Waals surface area contributed by atoms with Crippen molar-refractivity contribution in [1.29, 1.82) is 0 Å². The van der Waals surface area contributed by atoms with E-state index in [0.29, 0.717) is 22.7 Å². The molecule has 0 aliphatic carbocycles. The molecule has 0 spiro atoms. The molecule has 0 bridgehead atoms. The van der Waals surface area contributed by atoms with Gasteiger partial charge in [0.15, 0.2) is 5.75 Å². The molecule has 5 nitrogen and oxygen atoms in total. The zero-order valence-corrected chi connectivity index (χ0v) is 17.0. The van der Waals surface area contributed by atoms with E-state index < -0.39 is 0 Å². The van der Waals surface area contributed by atoms with Gasteiger partial charge in [0.25, 0.3) is 5.91 Å². The summed E-state index contributed by atoms with van der Waals surface area (Å²) in [6.07, 6.45) is 1.94. The molecule has 2 aromatic rings. The maximum Gasteiger partial charge on any atom is 0.255 e. The maximum absolute atomic E-state index is 12.7. The molecule has 26 heavy (non-hydrogen) atoms. The number of anilines is 3. The van der Waals surface area contributed by atoms with Gasteiger partial charge in [-0.15, -0.1) is 0 Å². The zero-order valence-electron chi connectivity index (χ0n) is 16.2. The number of aryl methyl sites for hydroxylation is 1. The molecule has 2 aromatic carbocycles. The van der Waals surface area contributed by atoms with E-state index in [-0.39, 0.29) is 11.3 Å². The molecule has 140 valence electrons. The van der Waals surface area contributed by atoms with Gasteiger partial charge in [0.1, 0.15) is 0 Å². The van der Waals surface area contributed by atoms with Crippen molar-refractivity contribution in [3.05, 3.63) is 47.0 Å². The van der Waals surface area contributed by atoms with Gasteiger partial charge < -0.3 is 20.5 Å². The van der Waals surface area contributed by atoms with Crippen LogP contribution in [0.2, 0.25) is 0 Å². The number of nitrogens with one attached hydrogen (secondary N) is 2. The lowest BCUT2D eigenvalue weighted by atomic mass is 9.86. The Hall–Kier alpha value is -2.34. The summed E-state index contributed by atoms with van der Waals surface area (Å²) in [5.41, 5.74) is 10.5. The van der Waals surface area contributed by atoms with Crippen LogP contribution in [0.4, 0.5) is 17.1 Å². The van der Waals surface area contributed by atoms with Gasteiger partial charge in [-0.2, -0.15) is 0 Å². The van der Waals surface area contributed by atoms with E-state index in [1.807, 2.05) is 25.3 Å². The second-order valence-corrected chi connectivity index (χ2v) is 7.80. The average Bonchev–Trinajstić information content (AvgIpc) is 2.56. The van der Waals surface area contributed by atoms with E-state index in [4.69, 9.17) is 10.5 Å². The quantitative estimate of drug-likeness (QED) is 0.517. The van der Waals surface area contributed by atoms with Crippen LogP contribution < -0.4 is 20.5 Å². The van der Waals surface area contributed by atoms with Crippen LogP contribution in [-0.2, 0) is 5.41 Å². The molecule has 0 heterocycles. The summed E-state index contributed by atoms with van der Waals surface area (Å²) in [6.45, 7) is 8.30. The van der Waals surface area contributed by atoms with Crippen molar-refractivity contribution in [3.63, 3.8) is 0 Å². The molecule has 2 rings (SSSR count). The van der Waals surface area contributed by atoms with E-state index in [2.05, 4.69) is 36.9 Å². The van der Waals surface area contributed by atoms with Crippen molar-refractivity contribution >= 4 is 34.9 Å². The number of hydrogen-bond acceptors (Lipinski definition) is 5. The number of hydrogen-bond donors (Lipinski definition) is 3. The molecule has 0 unspecified atom stereocenters. The number of nitrogen functional groups attached to an aromatic ring is 1. The summed E-state index contributed by atoms with van der Waals surface area (Å²) < 4.78 is 8.79. The molecule has 0 radical (unpaired) electrons. The fraction of sp³-hybridized carbons (Fsp3) is 0.350. The van der Waals surface area contributed by atoms with Crippen LogP contribution >= 0.6 is 11.9 Å². The summed E-state index contributed by atoms with van der Waals surface area (Å²) >= 11 is 1.47. The Kier molecular flexibility index (Phi) is 6.08. The van der Waals surface area contributed by atoms with Crippen molar-refractivity contribution in [3.8, 4) is 5.75 Å². The minimum absolute atomic E-state index is 0.0745. The normalized spacial score (nSPS) is 11.2. The number of amides is 1. The van der Waals surface area contributed by atoms with E-state index in [0.717, 1.165) is 16.8 Å². The van der Waals surface area contributed by atoms with Crippen molar-refractivity contribution in [2.24, 2.45) is 0 Å². The van der Waals surface area contributed by atoms with Gasteiger partial charge in [0, 0.05) is 17.5 Å². The summed E-state index contributed by atoms with van der Waals surface area (Å²) in [6, 6.07) is 9.30. The van der Waals surface area contributed by atoms with E-state index in [1.54, 1.807) is 19.2 Å². The third kappa shape index (κ3) is 4.43. The highest BCUT2D eigenvalue weighted by atomic mass is 32.2. The van der Waals surface area contributed by atoms with E-state index in [1.165, 1.54) is 11.9 Å². The first-order valence-corrected chi connectivity index (χ1v) is 9.59. The van der Waals surface area contributed by atoms with Gasteiger partial charge in [0.2, 0.25) is 0 Å². The molecule has 1 amide bonds. The minimum Gasteiger partial charge on any atom is -0.492 e. The summed E-state index contributed by atoms with van der Waals surface area (Å²) in [4.78, 5) is 12.7. The molecule has 0 fully saturated rings. The molecular formula is C20H27N3O2S. The van der Waals surface area contributed by atoms with Crippen LogP contribution in [-0.4, -0.2) is 19.3 Å². The van der Waals surface area contributed by atoms with E-state index in [9.17, 15) is 4.79 Å². The molecule has 0 aliphatic heterocycles. The van der Waals surface area contributed by atoms with Gasteiger partial charge in [-0.05, 0) is 47.7 Å². The molecule has 0 atom stereocenters. The van der Waals surface area contributed by atoms with Gasteiger partial charge in [0.05, 0.1) is 18.5 Å². The average molecular weight is 374 g/mol. The van der Waals surface area contributed by atoms with Crippen LogP contribution in [0.5, 0.6) is 5.75 Å². The molecular weight excluding hydrogens is 346 g/mol. The second kappa shape index (κ2) is 7.91. The Bertz CT molecular complexity index is 813. The standard InChI is InChI=1S/C20H27N3O2S/c1-12-7-8-13(9-15(12)21)19(24)22-16-10-14(20(2,3)4)11-17(23-26-6)18(16)25-5/h7-11,23H,21H2,1-6H3,(H,22,24). The molecule has 0 saturated heterocycles. The number of methoxy groups -OCH3 is 1. The van der Waals surface area contributed by atoms with Crippen LogP contribution in [0.3, 0.4) is 0 Å². The van der Waals surface area contributed by atoms with Crippen molar-refractivity contribution in [2.45, 2.75) is 33.1 Å². The van der Waals surface area contributed by atoms with Gasteiger partial charge >= 0.3 is 0 Å². The van der Waals surface area contributed by atoms with Crippen LogP contribution in [0.25, 0.3) is 0 Å². The SMILES string of the molecule is COc1c(NSC)cc(C(C)(C)C)cc1NC(=O)c1ccc(C)c(N)c1. The first-order valence-electron chi connectivity index (χ1n) is 8.36. The number of benzene rings is 2. The third-order valence-electron chi connectivity index (χ3n) is 4.16. The minimum atomic E-state index is -0.226. The Morgan fingerprint density at radius 3 is 2.35 bits per heavy atom. The Labute approximate surface area is 159 Å². The lowest BCUT2D eigenvalue weighted by Gasteiger charge is -2.24. The Balaban J connectivity index is 2.47. The number of carbonyl (C=O) groups excluding carboxylic acids is 1. The number of ether oxygens (including phenoxy) is 1. The lowest BCUT2D eigenvalue weighted by molar-refractivity contribution is 0.102. The molecule has 0 aliphatic rings. The molecule has 0 saturated carbocycles. The molecule has 4 N–H and O–H groups in total. The van der Waals surface area contributed by atoms with Crippen LogP contribution in [0, 0.1) is 6.92 Å². The second-order valence-electron chi connectivity index (χ2n) is 7.19. The Morgan fingerprint density at radius 2 is 1.81 bits per heavy atom. The predicted octanol–water partition coefficient (Wildman–Crippen LogP) is 4.83. The van der Waals surface area contributed by atoms with Gasteiger partial charge in [-0.3, -0.25) is 4.79 Å². The van der Waals surface area contributed by atoms with Crippen LogP contribution in [0.1, 0.15) is 42.3 Å². The predicted molar refractivity (Wildman–Crippen MR) is 112 cm³/mol. The summed E-state index contributed by atoms with van der Waals surface area (Å²) in [5, 5.41) is 2.97. The maximum atomic E-state index is 12.7. The number of nitrogens with two attached hydrogens (primary N) is 1. The first-order chi connectivity index (χ1) is 12.2. The van der Waals surface area contributed by atoms with Gasteiger partial charge in [-0.25, -0.2) is 0 Å². The Morgan fingerprint density at radius 1 is 1.15 bits per heavy atom. The molecule has 6 heteroatoms. The monoisotopic (exact) mass is 373 g/mol. The van der Waals surface area contributed by atoms with Crippen LogP contribution in [0.15, 0.2) is 30.3 Å². The largest absolute Gasteiger partial charge is 0.492 e. The van der Waals surface area contributed by atoms with Crippen molar-refractivity contribution in [2.75, 3.05) is 29.1 Å². The fourth-order valence-corrected chi connectivity index (χ4v) is 2.91. The van der Waals surface area contributed by atoms with Crippen molar-refractivity contribution in [1.82, 2.24) is 0 Å². The first kappa shape index (κ1) is 20.0. The molecule has 0 aromatic heterocycles. The zero-order chi connectivity index (χ0) is 19.5. The van der Waals surface area contributed by atoms with Crippen molar-refractivity contribution < 1.29 is 9.53 Å². The highest BCUT2D eigenvalue weighted by molar-refractivity contribution is 7.99. The summed E-state index contributed by atoms with van der Waals surface area (Å²) in [5.74, 6) is 0.372. The lowest BCUT2D eigenvalue weighted by Crippen LogP contribution is -2.16. The number of rotatable bonds is 5. The smallest absolute Gasteiger partial charge is 0.255 e. The number of carbonyl (C=O) groups is 1. The highest BCUT2D eigenvalue weighted by Crippen LogP contribution is 2.39.